The van der Waals surface area contributed by atoms with E-state index in [2.05, 4.69) is 60.7 Å². The molecule has 2 N–H and O–H groups in total. The monoisotopic (exact) mass is 505 g/mol. The van der Waals surface area contributed by atoms with Gasteiger partial charge in [0.05, 0.1) is 24.9 Å². The molecule has 0 radical (unpaired) electrons. The van der Waals surface area contributed by atoms with Crippen LogP contribution in [0.25, 0.3) is 0 Å². The molecule has 0 saturated carbocycles. The summed E-state index contributed by atoms with van der Waals surface area (Å²) in [5, 5.41) is 6.68. The van der Waals surface area contributed by atoms with Gasteiger partial charge in [0, 0.05) is 33.4 Å². The molecule has 2 rings (SSSR count). The van der Waals surface area contributed by atoms with Crippen LogP contribution in [0.5, 0.6) is 0 Å². The number of ether oxygens (including phenoxy) is 3. The largest absolute Gasteiger partial charge is 0.379 e. The standard InChI is InChI=1S/C21H35N3O3.HI/c1-21(2,3)27-15-18-8-5-7-17(13-18)14-24-20(22-4)23-10-6-11-26-19-9-12-25-16-19;/h5,7-8,13,19H,6,9-12,14-16H2,1-4H3,(H2,22,23,24);1H. The highest BCUT2D eigenvalue weighted by atomic mass is 127. The predicted molar refractivity (Wildman–Crippen MR) is 124 cm³/mol. The molecule has 1 saturated heterocycles. The van der Waals surface area contributed by atoms with E-state index in [-0.39, 0.29) is 35.7 Å². The summed E-state index contributed by atoms with van der Waals surface area (Å²) < 4.78 is 16.9. The van der Waals surface area contributed by atoms with Crippen LogP contribution < -0.4 is 10.6 Å². The van der Waals surface area contributed by atoms with E-state index in [1.807, 2.05) is 0 Å². The van der Waals surface area contributed by atoms with E-state index in [1.54, 1.807) is 7.05 Å². The zero-order valence-electron chi connectivity index (χ0n) is 17.6. The lowest BCUT2D eigenvalue weighted by atomic mass is 10.1. The maximum Gasteiger partial charge on any atom is 0.191 e. The maximum absolute atomic E-state index is 5.85. The highest BCUT2D eigenvalue weighted by Gasteiger charge is 2.15. The van der Waals surface area contributed by atoms with E-state index in [4.69, 9.17) is 14.2 Å². The average Bonchev–Trinajstić information content (AvgIpc) is 3.15. The SMILES string of the molecule is CN=C(NCCCOC1CCOC1)NCc1cccc(COC(C)(C)C)c1.I. The molecule has 7 heteroatoms. The Morgan fingerprint density at radius 2 is 2.04 bits per heavy atom. The fourth-order valence-electron chi connectivity index (χ4n) is 2.71. The molecule has 0 spiro atoms. The number of nitrogens with zero attached hydrogens (tertiary/aromatic N) is 1. The van der Waals surface area contributed by atoms with Gasteiger partial charge in [0.25, 0.3) is 0 Å². The van der Waals surface area contributed by atoms with Gasteiger partial charge in [0.2, 0.25) is 0 Å². The highest BCUT2D eigenvalue weighted by molar-refractivity contribution is 14.0. The smallest absolute Gasteiger partial charge is 0.191 e. The highest BCUT2D eigenvalue weighted by Crippen LogP contribution is 2.13. The fourth-order valence-corrected chi connectivity index (χ4v) is 2.71. The second kappa shape index (κ2) is 13.3. The summed E-state index contributed by atoms with van der Waals surface area (Å²) in [6, 6.07) is 8.44. The first-order valence-electron chi connectivity index (χ1n) is 9.82. The van der Waals surface area contributed by atoms with Crippen LogP contribution in [0.3, 0.4) is 0 Å². The molecule has 1 aromatic carbocycles. The van der Waals surface area contributed by atoms with E-state index >= 15 is 0 Å². The van der Waals surface area contributed by atoms with Crippen molar-refractivity contribution in [1.82, 2.24) is 10.6 Å². The number of nitrogens with one attached hydrogen (secondary N) is 2. The van der Waals surface area contributed by atoms with Crippen LogP contribution in [0.4, 0.5) is 0 Å². The van der Waals surface area contributed by atoms with Gasteiger partial charge in [-0.05, 0) is 44.7 Å². The molecule has 1 unspecified atom stereocenters. The summed E-state index contributed by atoms with van der Waals surface area (Å²) in [5.74, 6) is 0.801. The first-order valence-corrected chi connectivity index (χ1v) is 9.82. The molecular weight excluding hydrogens is 469 g/mol. The van der Waals surface area contributed by atoms with Crippen LogP contribution in [0.2, 0.25) is 0 Å². The lowest BCUT2D eigenvalue weighted by Crippen LogP contribution is -2.37. The quantitative estimate of drug-likeness (QED) is 0.233. The van der Waals surface area contributed by atoms with Crippen molar-refractivity contribution in [1.29, 1.82) is 0 Å². The number of hydrogen-bond donors (Lipinski definition) is 2. The Kier molecular flexibility index (Phi) is 12.0. The minimum Gasteiger partial charge on any atom is -0.379 e. The van der Waals surface area contributed by atoms with Gasteiger partial charge in [0.15, 0.2) is 5.96 Å². The zero-order valence-corrected chi connectivity index (χ0v) is 20.0. The summed E-state index contributed by atoms with van der Waals surface area (Å²) in [7, 11) is 1.79. The molecule has 0 amide bonds. The van der Waals surface area contributed by atoms with Crippen molar-refractivity contribution >= 4 is 29.9 Å². The van der Waals surface area contributed by atoms with E-state index in [1.165, 1.54) is 11.1 Å². The van der Waals surface area contributed by atoms with Gasteiger partial charge in [-0.25, -0.2) is 0 Å². The van der Waals surface area contributed by atoms with Crippen LogP contribution in [0.15, 0.2) is 29.3 Å². The number of halogens is 1. The molecule has 1 fully saturated rings. The minimum absolute atomic E-state index is 0. The van der Waals surface area contributed by atoms with Gasteiger partial charge in [-0.15, -0.1) is 24.0 Å². The van der Waals surface area contributed by atoms with Crippen molar-refractivity contribution in [3.8, 4) is 0 Å². The second-order valence-electron chi connectivity index (χ2n) is 7.78. The summed E-state index contributed by atoms with van der Waals surface area (Å²) in [6.45, 7) is 10.7. The van der Waals surface area contributed by atoms with Crippen molar-refractivity contribution in [2.24, 2.45) is 4.99 Å². The van der Waals surface area contributed by atoms with Crippen molar-refractivity contribution in [3.05, 3.63) is 35.4 Å². The van der Waals surface area contributed by atoms with E-state index in [0.717, 1.165) is 51.7 Å². The topological polar surface area (TPSA) is 64.1 Å². The van der Waals surface area contributed by atoms with Crippen LogP contribution in [-0.2, 0) is 27.4 Å². The summed E-state index contributed by atoms with van der Waals surface area (Å²) in [6.07, 6.45) is 2.23. The average molecular weight is 505 g/mol. The Labute approximate surface area is 186 Å². The van der Waals surface area contributed by atoms with Crippen LogP contribution >= 0.6 is 24.0 Å². The lowest BCUT2D eigenvalue weighted by Gasteiger charge is -2.19. The van der Waals surface area contributed by atoms with Gasteiger partial charge in [0.1, 0.15) is 0 Å². The Hall–Kier alpha value is -0.900. The van der Waals surface area contributed by atoms with Gasteiger partial charge >= 0.3 is 0 Å². The van der Waals surface area contributed by atoms with Gasteiger partial charge in [-0.1, -0.05) is 24.3 Å². The molecule has 1 heterocycles. The van der Waals surface area contributed by atoms with Crippen molar-refractivity contribution in [2.75, 3.05) is 33.4 Å². The van der Waals surface area contributed by atoms with E-state index in [9.17, 15) is 0 Å². The fraction of sp³-hybridized carbons (Fsp3) is 0.667. The summed E-state index contributed by atoms with van der Waals surface area (Å²) >= 11 is 0. The lowest BCUT2D eigenvalue weighted by molar-refractivity contribution is -0.0149. The third-order valence-electron chi connectivity index (χ3n) is 4.20. The number of hydrogen-bond acceptors (Lipinski definition) is 4. The predicted octanol–water partition coefficient (Wildman–Crippen LogP) is 3.48. The van der Waals surface area contributed by atoms with Crippen LogP contribution in [-0.4, -0.2) is 51.1 Å². The summed E-state index contributed by atoms with van der Waals surface area (Å²) in [4.78, 5) is 4.28. The van der Waals surface area contributed by atoms with Crippen LogP contribution in [0.1, 0.15) is 44.7 Å². The molecule has 1 aliphatic heterocycles. The summed E-state index contributed by atoms with van der Waals surface area (Å²) in [5.41, 5.74) is 2.26. The molecule has 1 aliphatic rings. The van der Waals surface area contributed by atoms with E-state index < -0.39 is 0 Å². The maximum atomic E-state index is 5.85. The Balaban J connectivity index is 0.00000392. The van der Waals surface area contributed by atoms with Gasteiger partial charge in [-0.2, -0.15) is 0 Å². The first kappa shape index (κ1) is 25.1. The molecule has 6 nitrogen and oxygen atoms in total. The number of rotatable bonds is 9. The Morgan fingerprint density at radius 1 is 1.25 bits per heavy atom. The number of aliphatic imine (C=N–C) groups is 1. The molecular formula is C21H36IN3O3. The normalized spacial score (nSPS) is 17.3. The van der Waals surface area contributed by atoms with Crippen molar-refractivity contribution in [2.45, 2.75) is 58.5 Å². The Bertz CT molecular complexity index is 585. The van der Waals surface area contributed by atoms with Gasteiger partial charge in [-0.3, -0.25) is 4.99 Å². The molecule has 0 aromatic heterocycles. The van der Waals surface area contributed by atoms with Gasteiger partial charge < -0.3 is 24.8 Å². The van der Waals surface area contributed by atoms with Crippen LogP contribution in [0, 0.1) is 0 Å². The number of guanidine groups is 1. The molecule has 1 atom stereocenters. The first-order chi connectivity index (χ1) is 13.0. The van der Waals surface area contributed by atoms with Crippen molar-refractivity contribution in [3.63, 3.8) is 0 Å². The molecule has 160 valence electrons. The molecule has 1 aromatic rings. The third kappa shape index (κ3) is 10.6. The second-order valence-corrected chi connectivity index (χ2v) is 7.78. The van der Waals surface area contributed by atoms with E-state index in [0.29, 0.717) is 6.61 Å². The zero-order chi connectivity index (χ0) is 19.5. The molecule has 0 aliphatic carbocycles. The third-order valence-corrected chi connectivity index (χ3v) is 4.20. The van der Waals surface area contributed by atoms with Crippen molar-refractivity contribution < 1.29 is 14.2 Å². The molecule has 0 bridgehead atoms. The minimum atomic E-state index is -0.130. The Morgan fingerprint density at radius 3 is 2.71 bits per heavy atom. The number of benzene rings is 1. The molecule has 28 heavy (non-hydrogen) atoms.